The van der Waals surface area contributed by atoms with E-state index >= 15 is 0 Å². The van der Waals surface area contributed by atoms with Gasteiger partial charge in [0.15, 0.2) is 6.10 Å². The molecule has 1 aliphatic heterocycles. The number of fused-ring (bicyclic) bond motifs is 1. The predicted octanol–water partition coefficient (Wildman–Crippen LogP) is 3.69. The second kappa shape index (κ2) is 6.76. The maximum atomic E-state index is 11.2. The highest BCUT2D eigenvalue weighted by molar-refractivity contribution is 6.30. The Bertz CT molecular complexity index is 761. The topological polar surface area (TPSA) is 57.2 Å². The first-order chi connectivity index (χ1) is 11.9. The Morgan fingerprint density at radius 3 is 2.08 bits per heavy atom. The first kappa shape index (κ1) is 18.5. The van der Waals surface area contributed by atoms with E-state index in [1.807, 2.05) is 0 Å². The molecule has 0 amide bonds. The molecular formula is C18H18Cl2O5. The van der Waals surface area contributed by atoms with Gasteiger partial charge in [0.2, 0.25) is 5.79 Å². The molecule has 0 aromatic heterocycles. The summed E-state index contributed by atoms with van der Waals surface area (Å²) >= 11 is 12.1. The molecule has 3 rings (SSSR count). The van der Waals surface area contributed by atoms with Gasteiger partial charge in [-0.1, -0.05) is 35.3 Å². The first-order valence-electron chi connectivity index (χ1n) is 7.52. The summed E-state index contributed by atoms with van der Waals surface area (Å²) in [7, 11) is 4.31. The minimum Gasteiger partial charge on any atom is -0.454 e. The van der Waals surface area contributed by atoms with Crippen LogP contribution in [0.3, 0.4) is 0 Å². The van der Waals surface area contributed by atoms with Gasteiger partial charge in [-0.15, -0.1) is 0 Å². The maximum absolute atomic E-state index is 11.2. The molecular weight excluding hydrogens is 367 g/mol. The minimum atomic E-state index is -1.56. The van der Waals surface area contributed by atoms with E-state index in [9.17, 15) is 5.11 Å². The lowest BCUT2D eigenvalue weighted by molar-refractivity contribution is -0.363. The molecule has 0 fully saturated rings. The molecule has 0 spiro atoms. The van der Waals surface area contributed by atoms with Gasteiger partial charge in [-0.05, 0) is 30.3 Å². The molecule has 134 valence electrons. The van der Waals surface area contributed by atoms with Crippen LogP contribution in [0.4, 0.5) is 0 Å². The minimum absolute atomic E-state index is 0.426. The van der Waals surface area contributed by atoms with Crippen LogP contribution >= 0.6 is 23.2 Å². The van der Waals surface area contributed by atoms with E-state index in [1.165, 1.54) is 21.3 Å². The van der Waals surface area contributed by atoms with E-state index in [1.54, 1.807) is 42.5 Å². The molecule has 1 N–H and O–H groups in total. The molecule has 1 aliphatic rings. The van der Waals surface area contributed by atoms with Crippen molar-refractivity contribution in [3.8, 4) is 5.75 Å². The van der Waals surface area contributed by atoms with Crippen LogP contribution < -0.4 is 4.74 Å². The zero-order valence-electron chi connectivity index (χ0n) is 14.0. The monoisotopic (exact) mass is 384 g/mol. The summed E-state index contributed by atoms with van der Waals surface area (Å²) in [5.41, 5.74) is 1.03. The van der Waals surface area contributed by atoms with Gasteiger partial charge >= 0.3 is 0 Å². The average Bonchev–Trinajstić information content (AvgIpc) is 2.63. The van der Waals surface area contributed by atoms with Crippen molar-refractivity contribution in [2.45, 2.75) is 17.7 Å². The molecule has 5 nitrogen and oxygen atoms in total. The lowest BCUT2D eigenvalue weighted by Crippen LogP contribution is -2.61. The molecule has 0 saturated carbocycles. The van der Waals surface area contributed by atoms with Crippen LogP contribution in [0.2, 0.25) is 10.0 Å². The fourth-order valence-electron chi connectivity index (χ4n) is 3.18. The van der Waals surface area contributed by atoms with Crippen LogP contribution in [0.1, 0.15) is 11.1 Å². The van der Waals surface area contributed by atoms with Crippen molar-refractivity contribution in [2.24, 2.45) is 0 Å². The van der Waals surface area contributed by atoms with Crippen LogP contribution in [0.5, 0.6) is 5.75 Å². The van der Waals surface area contributed by atoms with Gasteiger partial charge in [-0.3, -0.25) is 0 Å². The number of aliphatic hydroxyl groups excluding tert-OH is 1. The molecule has 2 aromatic carbocycles. The molecule has 0 radical (unpaired) electrons. The van der Waals surface area contributed by atoms with Gasteiger partial charge in [0.1, 0.15) is 5.75 Å². The summed E-state index contributed by atoms with van der Waals surface area (Å²) in [6.45, 7) is 0. The average molecular weight is 385 g/mol. The van der Waals surface area contributed by atoms with Crippen molar-refractivity contribution >= 4 is 23.2 Å². The number of aliphatic hydroxyl groups is 1. The molecule has 2 aromatic rings. The molecule has 2 unspecified atom stereocenters. The predicted molar refractivity (Wildman–Crippen MR) is 93.9 cm³/mol. The van der Waals surface area contributed by atoms with Gasteiger partial charge in [0.25, 0.3) is 5.79 Å². The first-order valence-corrected chi connectivity index (χ1v) is 8.27. The molecule has 25 heavy (non-hydrogen) atoms. The van der Waals surface area contributed by atoms with Crippen molar-refractivity contribution in [2.75, 3.05) is 21.3 Å². The van der Waals surface area contributed by atoms with Crippen molar-refractivity contribution in [3.63, 3.8) is 0 Å². The summed E-state index contributed by atoms with van der Waals surface area (Å²) in [6.07, 6.45) is -1.35. The molecule has 0 aliphatic carbocycles. The van der Waals surface area contributed by atoms with E-state index in [-0.39, 0.29) is 0 Å². The van der Waals surface area contributed by atoms with Crippen LogP contribution in [0, 0.1) is 0 Å². The fraction of sp³-hybridized carbons (Fsp3) is 0.333. The highest BCUT2D eigenvalue weighted by Crippen LogP contribution is 2.51. The van der Waals surface area contributed by atoms with Gasteiger partial charge in [0, 0.05) is 36.9 Å². The quantitative estimate of drug-likeness (QED) is 0.814. The largest absolute Gasteiger partial charge is 0.454 e. The van der Waals surface area contributed by atoms with Crippen LogP contribution in [0.15, 0.2) is 42.5 Å². The normalized spacial score (nSPS) is 24.5. The van der Waals surface area contributed by atoms with Crippen LogP contribution in [-0.4, -0.2) is 32.5 Å². The number of halogens is 2. The number of hydrogen-bond acceptors (Lipinski definition) is 5. The summed E-state index contributed by atoms with van der Waals surface area (Å²) < 4.78 is 23.0. The fourth-order valence-corrected chi connectivity index (χ4v) is 3.47. The van der Waals surface area contributed by atoms with E-state index < -0.39 is 17.7 Å². The Labute approximate surface area is 156 Å². The van der Waals surface area contributed by atoms with Gasteiger partial charge < -0.3 is 24.1 Å². The van der Waals surface area contributed by atoms with Gasteiger partial charge in [-0.2, -0.15) is 0 Å². The molecule has 7 heteroatoms. The van der Waals surface area contributed by atoms with Crippen molar-refractivity contribution < 1.29 is 24.1 Å². The Hall–Kier alpha value is -1.34. The third-order valence-electron chi connectivity index (χ3n) is 4.45. The highest BCUT2D eigenvalue weighted by Gasteiger charge is 2.61. The van der Waals surface area contributed by atoms with Crippen molar-refractivity contribution in [1.82, 2.24) is 0 Å². The SMILES string of the molecule is COC1(c2ccc(Cl)cc2)Oc2ccc(Cl)cc2C(OC)(OC)C1O. The number of rotatable bonds is 4. The number of hydrogen-bond donors (Lipinski definition) is 1. The molecule has 1 heterocycles. The van der Waals surface area contributed by atoms with Gasteiger partial charge in [0.05, 0.1) is 5.56 Å². The van der Waals surface area contributed by atoms with E-state index in [0.29, 0.717) is 26.9 Å². The lowest BCUT2D eigenvalue weighted by Gasteiger charge is -2.49. The summed E-state index contributed by atoms with van der Waals surface area (Å²) in [4.78, 5) is 0. The zero-order chi connectivity index (χ0) is 18.2. The van der Waals surface area contributed by atoms with E-state index in [4.69, 9.17) is 42.1 Å². The Morgan fingerprint density at radius 2 is 1.52 bits per heavy atom. The smallest absolute Gasteiger partial charge is 0.269 e. The summed E-state index contributed by atoms with van der Waals surface area (Å²) in [5, 5.41) is 12.2. The summed E-state index contributed by atoms with van der Waals surface area (Å²) in [5.74, 6) is -2.67. The molecule has 2 atom stereocenters. The zero-order valence-corrected chi connectivity index (χ0v) is 15.5. The standard InChI is InChI=1S/C18H18Cl2O5/c1-22-17(11-4-6-12(19)7-5-11)16(21)18(23-2,24-3)14-10-13(20)8-9-15(14)25-17/h4-10,16,21H,1-3H3. The summed E-state index contributed by atoms with van der Waals surface area (Å²) in [6, 6.07) is 11.8. The number of methoxy groups -OCH3 is 3. The third-order valence-corrected chi connectivity index (χ3v) is 4.94. The van der Waals surface area contributed by atoms with E-state index in [0.717, 1.165) is 0 Å². The Morgan fingerprint density at radius 1 is 0.920 bits per heavy atom. The van der Waals surface area contributed by atoms with E-state index in [2.05, 4.69) is 0 Å². The Balaban J connectivity index is 2.26. The van der Waals surface area contributed by atoms with Gasteiger partial charge in [-0.25, -0.2) is 0 Å². The second-order valence-corrected chi connectivity index (χ2v) is 6.47. The van der Waals surface area contributed by atoms with Crippen LogP contribution in [-0.2, 0) is 25.8 Å². The molecule has 0 bridgehead atoms. The number of benzene rings is 2. The second-order valence-electron chi connectivity index (χ2n) is 5.60. The lowest BCUT2D eigenvalue weighted by atomic mass is 9.86. The molecule has 0 saturated heterocycles. The highest BCUT2D eigenvalue weighted by atomic mass is 35.5. The third kappa shape index (κ3) is 2.72. The van der Waals surface area contributed by atoms with Crippen LogP contribution in [0.25, 0.3) is 0 Å². The maximum Gasteiger partial charge on any atom is 0.269 e. The van der Waals surface area contributed by atoms with Crippen molar-refractivity contribution in [1.29, 1.82) is 0 Å². The Kier molecular flexibility index (Phi) is 4.99. The number of ether oxygens (including phenoxy) is 4. The van der Waals surface area contributed by atoms with Crippen molar-refractivity contribution in [3.05, 3.63) is 63.6 Å².